The van der Waals surface area contributed by atoms with Crippen molar-refractivity contribution in [3.05, 3.63) is 0 Å². The Kier molecular flexibility index (Phi) is 2.92. The predicted molar refractivity (Wildman–Crippen MR) is 28.8 cm³/mol. The number of ether oxygens (including phenoxy) is 1. The standard InChI is InChI=1S/C4H6BO3/c1-3(6)8-4(7)5-2/h1-2H3. The van der Waals surface area contributed by atoms with Crippen LogP contribution in [0.3, 0.4) is 0 Å². The number of carbonyl (C=O) groups excluding carboxylic acids is 2. The summed E-state index contributed by atoms with van der Waals surface area (Å²) in [5.41, 5.74) is 0. The average Bonchev–Trinajstić information content (AvgIpc) is 1.65. The van der Waals surface area contributed by atoms with Gasteiger partial charge in [-0.15, -0.1) is 0 Å². The van der Waals surface area contributed by atoms with Crippen molar-refractivity contribution in [2.24, 2.45) is 0 Å². The molecule has 43 valence electrons. The molecule has 0 saturated carbocycles. The monoisotopic (exact) mass is 113 g/mol. The minimum absolute atomic E-state index is 0.576. The Bertz CT molecular complexity index is 110. The van der Waals surface area contributed by atoms with Crippen LogP contribution in [0, 0.1) is 0 Å². The van der Waals surface area contributed by atoms with E-state index in [0.29, 0.717) is 0 Å². The van der Waals surface area contributed by atoms with Crippen LogP contribution >= 0.6 is 0 Å². The van der Waals surface area contributed by atoms with Crippen LogP contribution in [0.5, 0.6) is 0 Å². The van der Waals surface area contributed by atoms with E-state index in [4.69, 9.17) is 0 Å². The van der Waals surface area contributed by atoms with Gasteiger partial charge in [-0.3, -0.25) is 9.59 Å². The predicted octanol–water partition coefficient (Wildman–Crippen LogP) is 0.422. The lowest BCUT2D eigenvalue weighted by molar-refractivity contribution is -0.133. The molecule has 0 spiro atoms. The fourth-order valence-corrected chi connectivity index (χ4v) is 0.201. The SMILES string of the molecule is C[B]C(=O)OC(C)=O. The van der Waals surface area contributed by atoms with Gasteiger partial charge in [-0.1, -0.05) is 6.82 Å². The lowest BCUT2D eigenvalue weighted by atomic mass is 9.83. The van der Waals surface area contributed by atoms with Crippen molar-refractivity contribution in [1.82, 2.24) is 0 Å². The highest BCUT2D eigenvalue weighted by Gasteiger charge is 2.00. The Balaban J connectivity index is 3.40. The maximum atomic E-state index is 10.1. The van der Waals surface area contributed by atoms with E-state index in [0.717, 1.165) is 0 Å². The molecule has 0 aliphatic rings. The highest BCUT2D eigenvalue weighted by molar-refractivity contribution is 6.71. The fourth-order valence-electron chi connectivity index (χ4n) is 0.201. The molecule has 0 aromatic rings. The Hall–Kier alpha value is -0.795. The molecule has 4 heteroatoms. The second kappa shape index (κ2) is 3.24. The molecule has 1 radical (unpaired) electrons. The summed E-state index contributed by atoms with van der Waals surface area (Å²) in [6.45, 7) is 2.69. The summed E-state index contributed by atoms with van der Waals surface area (Å²) in [4.78, 5) is 20.1. The second-order valence-corrected chi connectivity index (χ2v) is 1.20. The van der Waals surface area contributed by atoms with E-state index in [2.05, 4.69) is 4.74 Å². The third kappa shape index (κ3) is 3.40. The van der Waals surface area contributed by atoms with Crippen molar-refractivity contribution >= 4 is 19.1 Å². The number of rotatable bonds is 1. The van der Waals surface area contributed by atoms with Gasteiger partial charge >= 0.3 is 5.97 Å². The summed E-state index contributed by atoms with van der Waals surface area (Å²) < 4.78 is 4.07. The number of carbonyl (C=O) groups is 2. The van der Waals surface area contributed by atoms with Crippen LogP contribution in [-0.4, -0.2) is 19.1 Å². The summed E-state index contributed by atoms with van der Waals surface area (Å²) in [5.74, 6) is -1.18. The smallest absolute Gasteiger partial charge is 0.309 e. The minimum Gasteiger partial charge on any atom is -0.403 e. The lowest BCUT2D eigenvalue weighted by Gasteiger charge is -1.91. The largest absolute Gasteiger partial charge is 0.403 e. The number of hydrogen-bond acceptors (Lipinski definition) is 3. The van der Waals surface area contributed by atoms with Crippen molar-refractivity contribution in [3.63, 3.8) is 0 Å². The van der Waals surface area contributed by atoms with E-state index in [-0.39, 0.29) is 0 Å². The summed E-state index contributed by atoms with van der Waals surface area (Å²) in [7, 11) is 1.18. The van der Waals surface area contributed by atoms with Gasteiger partial charge in [0.05, 0.1) is 0 Å². The first-order chi connectivity index (χ1) is 3.66. The van der Waals surface area contributed by atoms with Gasteiger partial charge in [-0.25, -0.2) is 0 Å². The summed E-state index contributed by atoms with van der Waals surface area (Å²) in [5, 5.41) is 0. The van der Waals surface area contributed by atoms with E-state index in [9.17, 15) is 9.59 Å². The van der Waals surface area contributed by atoms with Crippen molar-refractivity contribution in [3.8, 4) is 0 Å². The highest BCUT2D eigenvalue weighted by Crippen LogP contribution is 1.78. The van der Waals surface area contributed by atoms with E-state index in [1.54, 1.807) is 0 Å². The van der Waals surface area contributed by atoms with Crippen LogP contribution in [0.2, 0.25) is 6.82 Å². The molecule has 0 fully saturated rings. The van der Waals surface area contributed by atoms with Crippen LogP contribution in [-0.2, 0) is 9.53 Å². The average molecular weight is 113 g/mol. The first-order valence-electron chi connectivity index (χ1n) is 2.18. The lowest BCUT2D eigenvalue weighted by Crippen LogP contribution is -2.11. The maximum Gasteiger partial charge on any atom is 0.309 e. The molecule has 0 saturated heterocycles. The Morgan fingerprint density at radius 3 is 2.12 bits per heavy atom. The molecular weight excluding hydrogens is 107 g/mol. The molecule has 8 heavy (non-hydrogen) atoms. The van der Waals surface area contributed by atoms with Crippen LogP contribution in [0.1, 0.15) is 6.92 Å². The van der Waals surface area contributed by atoms with Gasteiger partial charge in [-0.05, 0) is 0 Å². The zero-order chi connectivity index (χ0) is 6.57. The van der Waals surface area contributed by atoms with E-state index >= 15 is 0 Å². The molecule has 0 aliphatic carbocycles. The van der Waals surface area contributed by atoms with Gasteiger partial charge < -0.3 is 4.74 Å². The van der Waals surface area contributed by atoms with Crippen molar-refractivity contribution in [2.45, 2.75) is 13.7 Å². The Morgan fingerprint density at radius 1 is 1.50 bits per heavy atom. The van der Waals surface area contributed by atoms with Gasteiger partial charge in [-0.2, -0.15) is 0 Å². The second-order valence-electron chi connectivity index (χ2n) is 1.20. The quantitative estimate of drug-likeness (QED) is 0.281. The van der Waals surface area contributed by atoms with Crippen LogP contribution in [0.25, 0.3) is 0 Å². The first kappa shape index (κ1) is 7.20. The van der Waals surface area contributed by atoms with E-state index < -0.39 is 11.8 Å². The summed E-state index contributed by atoms with van der Waals surface area (Å²) in [6, 6.07) is 0. The third-order valence-electron chi connectivity index (χ3n) is 0.480. The third-order valence-corrected chi connectivity index (χ3v) is 0.480. The molecule has 0 amide bonds. The molecule has 0 rings (SSSR count). The van der Waals surface area contributed by atoms with E-state index in [1.165, 1.54) is 21.0 Å². The van der Waals surface area contributed by atoms with Crippen molar-refractivity contribution in [1.29, 1.82) is 0 Å². The van der Waals surface area contributed by atoms with Gasteiger partial charge in [0.1, 0.15) is 0 Å². The molecule has 0 N–H and O–H groups in total. The van der Waals surface area contributed by atoms with E-state index in [1.807, 2.05) is 0 Å². The van der Waals surface area contributed by atoms with Crippen molar-refractivity contribution < 1.29 is 14.3 Å². The molecule has 0 atom stereocenters. The number of esters is 1. The summed E-state index contributed by atoms with van der Waals surface area (Å²) in [6.07, 6.45) is 0. The molecule has 0 aromatic heterocycles. The molecule has 0 aromatic carbocycles. The first-order valence-corrected chi connectivity index (χ1v) is 2.18. The van der Waals surface area contributed by atoms with Crippen LogP contribution < -0.4 is 0 Å². The normalized spacial score (nSPS) is 7.75. The zero-order valence-electron chi connectivity index (χ0n) is 4.80. The van der Waals surface area contributed by atoms with Gasteiger partial charge in [0, 0.05) is 6.92 Å². The molecule has 0 bridgehead atoms. The van der Waals surface area contributed by atoms with Crippen molar-refractivity contribution in [2.75, 3.05) is 0 Å². The molecular formula is C4H6BO3. The van der Waals surface area contributed by atoms with Gasteiger partial charge in [0.2, 0.25) is 0 Å². The number of hydrogen-bond donors (Lipinski definition) is 0. The molecule has 0 heterocycles. The Labute approximate surface area is 48.3 Å². The minimum atomic E-state index is -0.600. The zero-order valence-corrected chi connectivity index (χ0v) is 4.80. The van der Waals surface area contributed by atoms with Crippen LogP contribution in [0.4, 0.5) is 4.79 Å². The fraction of sp³-hybridized carbons (Fsp3) is 0.500. The maximum absolute atomic E-state index is 10.1. The van der Waals surface area contributed by atoms with Gasteiger partial charge in [0.15, 0.2) is 0 Å². The topological polar surface area (TPSA) is 43.4 Å². The Morgan fingerprint density at radius 2 is 2.00 bits per heavy atom. The summed E-state index contributed by atoms with van der Waals surface area (Å²) >= 11 is 0. The highest BCUT2D eigenvalue weighted by atomic mass is 16.6. The molecule has 3 nitrogen and oxygen atoms in total. The molecule has 0 unspecified atom stereocenters. The van der Waals surface area contributed by atoms with Gasteiger partial charge in [0.25, 0.3) is 13.1 Å². The molecule has 0 aliphatic heterocycles. The van der Waals surface area contributed by atoms with Crippen LogP contribution in [0.15, 0.2) is 0 Å².